The Kier molecular flexibility index (Phi) is 3.79. The predicted molar refractivity (Wildman–Crippen MR) is 87.8 cm³/mol. The maximum Gasteiger partial charge on any atom is 0.265 e. The third kappa shape index (κ3) is 2.72. The van der Waals surface area contributed by atoms with Crippen molar-refractivity contribution < 1.29 is 14.6 Å². The van der Waals surface area contributed by atoms with Crippen molar-refractivity contribution >= 4 is 17.2 Å². The minimum absolute atomic E-state index is 0.0224. The van der Waals surface area contributed by atoms with Gasteiger partial charge in [-0.05, 0) is 30.2 Å². The van der Waals surface area contributed by atoms with Crippen LogP contribution < -0.4 is 4.74 Å². The van der Waals surface area contributed by atoms with E-state index in [9.17, 15) is 9.90 Å². The van der Waals surface area contributed by atoms with Gasteiger partial charge in [-0.1, -0.05) is 0 Å². The molecule has 0 saturated carbocycles. The highest BCUT2D eigenvalue weighted by molar-refractivity contribution is 7.16. The molecule has 120 valence electrons. The Morgan fingerprint density at radius 1 is 1.48 bits per heavy atom. The lowest BCUT2D eigenvalue weighted by Crippen LogP contribution is -2.28. The molecule has 23 heavy (non-hydrogen) atoms. The van der Waals surface area contributed by atoms with E-state index in [1.807, 2.05) is 17.0 Å². The van der Waals surface area contributed by atoms with Crippen LogP contribution in [-0.2, 0) is 6.42 Å². The van der Waals surface area contributed by atoms with E-state index >= 15 is 0 Å². The minimum atomic E-state index is 0.0224. The van der Waals surface area contributed by atoms with Crippen LogP contribution in [0.1, 0.15) is 21.7 Å². The molecule has 1 fully saturated rings. The van der Waals surface area contributed by atoms with Gasteiger partial charge in [0.2, 0.25) is 0 Å². The normalized spacial score (nSPS) is 19.7. The van der Waals surface area contributed by atoms with Crippen LogP contribution in [-0.4, -0.2) is 47.2 Å². The average molecular weight is 330 g/mol. The number of benzene rings is 1. The number of hydrogen-bond acceptors (Lipinski definition) is 5. The van der Waals surface area contributed by atoms with E-state index in [-0.39, 0.29) is 18.4 Å². The lowest BCUT2D eigenvalue weighted by Gasteiger charge is -2.14. The number of thiazole rings is 1. The summed E-state index contributed by atoms with van der Waals surface area (Å²) in [4.78, 5) is 19.4. The van der Waals surface area contributed by atoms with E-state index in [1.165, 1.54) is 16.9 Å². The summed E-state index contributed by atoms with van der Waals surface area (Å²) in [5, 5.41) is 10.1. The Bertz CT molecular complexity index is 743. The Morgan fingerprint density at radius 2 is 2.39 bits per heavy atom. The van der Waals surface area contributed by atoms with Gasteiger partial charge in [0.1, 0.15) is 15.6 Å². The van der Waals surface area contributed by atoms with Crippen LogP contribution >= 0.6 is 11.3 Å². The summed E-state index contributed by atoms with van der Waals surface area (Å²) in [7, 11) is 0. The molecule has 0 aliphatic carbocycles. The van der Waals surface area contributed by atoms with E-state index in [0.29, 0.717) is 18.0 Å². The van der Waals surface area contributed by atoms with Crippen molar-refractivity contribution in [3.63, 3.8) is 0 Å². The van der Waals surface area contributed by atoms with E-state index in [4.69, 9.17) is 4.74 Å². The van der Waals surface area contributed by atoms with Crippen molar-refractivity contribution in [2.24, 2.45) is 5.92 Å². The van der Waals surface area contributed by atoms with Gasteiger partial charge in [-0.15, -0.1) is 11.3 Å². The molecule has 1 amide bonds. The third-order valence-corrected chi connectivity index (χ3v) is 5.52. The lowest BCUT2D eigenvalue weighted by atomic mass is 10.1. The fourth-order valence-corrected chi connectivity index (χ4v) is 4.03. The number of aliphatic hydroxyl groups is 1. The molecule has 2 aliphatic heterocycles. The number of carbonyl (C=O) groups is 1. The van der Waals surface area contributed by atoms with Crippen molar-refractivity contribution in [1.29, 1.82) is 0 Å². The van der Waals surface area contributed by atoms with Gasteiger partial charge in [0, 0.05) is 37.6 Å². The maximum absolute atomic E-state index is 12.5. The quantitative estimate of drug-likeness (QED) is 0.937. The first kappa shape index (κ1) is 14.7. The number of rotatable bonds is 3. The van der Waals surface area contributed by atoms with E-state index in [1.54, 1.807) is 6.20 Å². The topological polar surface area (TPSA) is 62.7 Å². The fraction of sp³-hybridized carbons (Fsp3) is 0.412. The summed E-state index contributed by atoms with van der Waals surface area (Å²) in [5.41, 5.74) is 2.24. The van der Waals surface area contributed by atoms with Gasteiger partial charge < -0.3 is 14.7 Å². The summed E-state index contributed by atoms with van der Waals surface area (Å²) in [5.74, 6) is 1.19. The molecule has 5 nitrogen and oxygen atoms in total. The molecular weight excluding hydrogens is 312 g/mol. The second kappa shape index (κ2) is 5.94. The molecule has 1 aromatic carbocycles. The number of hydrogen-bond donors (Lipinski definition) is 1. The molecule has 0 radical (unpaired) electrons. The maximum atomic E-state index is 12.5. The van der Waals surface area contributed by atoms with Crippen LogP contribution in [0, 0.1) is 5.92 Å². The SMILES string of the molecule is O=C(c1cnc(-c2ccc3c(c2)CCO3)s1)N1CCC(CO)C1. The molecule has 1 aromatic heterocycles. The highest BCUT2D eigenvalue weighted by atomic mass is 32.1. The van der Waals surface area contributed by atoms with E-state index in [0.717, 1.165) is 35.8 Å². The first-order chi connectivity index (χ1) is 11.2. The number of amides is 1. The molecule has 2 aliphatic rings. The first-order valence-corrected chi connectivity index (χ1v) is 8.68. The largest absolute Gasteiger partial charge is 0.493 e. The second-order valence-corrected chi connectivity index (χ2v) is 7.07. The Labute approximate surface area is 138 Å². The summed E-state index contributed by atoms with van der Waals surface area (Å²) in [6, 6.07) is 6.08. The summed E-state index contributed by atoms with van der Waals surface area (Å²) in [6.07, 6.45) is 3.47. The zero-order valence-corrected chi connectivity index (χ0v) is 13.5. The van der Waals surface area contributed by atoms with Gasteiger partial charge in [0.15, 0.2) is 0 Å². The molecule has 0 spiro atoms. The first-order valence-electron chi connectivity index (χ1n) is 7.86. The zero-order chi connectivity index (χ0) is 15.8. The van der Waals surface area contributed by atoms with Gasteiger partial charge in [-0.3, -0.25) is 4.79 Å². The lowest BCUT2D eigenvalue weighted by molar-refractivity contribution is 0.0786. The molecular formula is C17H18N2O3S. The van der Waals surface area contributed by atoms with Crippen LogP contribution in [0.15, 0.2) is 24.4 Å². The molecule has 2 aromatic rings. The number of fused-ring (bicyclic) bond motifs is 1. The van der Waals surface area contributed by atoms with Crippen LogP contribution in [0.4, 0.5) is 0 Å². The van der Waals surface area contributed by atoms with E-state index in [2.05, 4.69) is 11.1 Å². The van der Waals surface area contributed by atoms with Crippen molar-refractivity contribution in [2.45, 2.75) is 12.8 Å². The fourth-order valence-electron chi connectivity index (χ4n) is 3.15. The number of aliphatic hydroxyl groups excluding tert-OH is 1. The highest BCUT2D eigenvalue weighted by Crippen LogP contribution is 2.33. The van der Waals surface area contributed by atoms with Gasteiger partial charge in [0.25, 0.3) is 5.91 Å². The Hall–Kier alpha value is -1.92. The monoisotopic (exact) mass is 330 g/mol. The smallest absolute Gasteiger partial charge is 0.265 e. The summed E-state index contributed by atoms with van der Waals surface area (Å²) < 4.78 is 5.52. The summed E-state index contributed by atoms with van der Waals surface area (Å²) in [6.45, 7) is 2.24. The number of likely N-dealkylation sites (tertiary alicyclic amines) is 1. The van der Waals surface area contributed by atoms with Crippen molar-refractivity contribution in [3.8, 4) is 16.3 Å². The second-order valence-electron chi connectivity index (χ2n) is 6.04. The minimum Gasteiger partial charge on any atom is -0.493 e. The molecule has 0 bridgehead atoms. The Morgan fingerprint density at radius 3 is 3.22 bits per heavy atom. The number of ether oxygens (including phenoxy) is 1. The van der Waals surface area contributed by atoms with Crippen LogP contribution in [0.25, 0.3) is 10.6 Å². The van der Waals surface area contributed by atoms with Crippen molar-refractivity contribution in [2.75, 3.05) is 26.3 Å². The standard InChI is InChI=1S/C17H18N2O3S/c20-10-11-3-5-19(9-11)17(21)15-8-18-16(23-15)13-1-2-14-12(7-13)4-6-22-14/h1-2,7-8,11,20H,3-6,9-10H2. The number of aromatic nitrogens is 1. The van der Waals surface area contributed by atoms with Gasteiger partial charge in [0.05, 0.1) is 12.8 Å². The summed E-state index contributed by atoms with van der Waals surface area (Å²) >= 11 is 1.43. The molecule has 1 saturated heterocycles. The molecule has 4 rings (SSSR count). The number of carbonyl (C=O) groups excluding carboxylic acids is 1. The third-order valence-electron chi connectivity index (χ3n) is 4.48. The molecule has 6 heteroatoms. The van der Waals surface area contributed by atoms with Crippen molar-refractivity contribution in [3.05, 3.63) is 34.8 Å². The molecule has 3 heterocycles. The van der Waals surface area contributed by atoms with Gasteiger partial charge in [-0.2, -0.15) is 0 Å². The van der Waals surface area contributed by atoms with Crippen LogP contribution in [0.3, 0.4) is 0 Å². The molecule has 1 unspecified atom stereocenters. The van der Waals surface area contributed by atoms with E-state index < -0.39 is 0 Å². The zero-order valence-electron chi connectivity index (χ0n) is 12.7. The average Bonchev–Trinajstić information content (AvgIpc) is 3.32. The van der Waals surface area contributed by atoms with Gasteiger partial charge >= 0.3 is 0 Å². The highest BCUT2D eigenvalue weighted by Gasteiger charge is 2.27. The van der Waals surface area contributed by atoms with Crippen LogP contribution in [0.2, 0.25) is 0 Å². The predicted octanol–water partition coefficient (Wildman–Crippen LogP) is 2.20. The van der Waals surface area contributed by atoms with Crippen molar-refractivity contribution in [1.82, 2.24) is 9.88 Å². The van der Waals surface area contributed by atoms with Crippen LogP contribution in [0.5, 0.6) is 5.75 Å². The molecule has 1 atom stereocenters. The molecule has 1 N–H and O–H groups in total. The van der Waals surface area contributed by atoms with Gasteiger partial charge in [-0.25, -0.2) is 4.98 Å². The number of nitrogens with zero attached hydrogens (tertiary/aromatic N) is 2. The Balaban J connectivity index is 1.54.